The van der Waals surface area contributed by atoms with Crippen LogP contribution in [0.3, 0.4) is 0 Å². The Kier molecular flexibility index (Phi) is 12.8. The molecule has 0 aliphatic carbocycles. The van der Waals surface area contributed by atoms with E-state index in [1.54, 1.807) is 13.8 Å². The van der Waals surface area contributed by atoms with Gasteiger partial charge in [-0.15, -0.1) is 0 Å². The molecule has 0 spiro atoms. The topological polar surface area (TPSA) is 112 Å². The van der Waals surface area contributed by atoms with Crippen LogP contribution in [0.2, 0.25) is 0 Å². The van der Waals surface area contributed by atoms with Gasteiger partial charge in [-0.05, 0) is 62.1 Å². The Balaban J connectivity index is 1.94. The quantitative estimate of drug-likeness (QED) is 0.181. The Morgan fingerprint density at radius 2 is 1.17 bits per heavy atom. The SMILES string of the molecule is C=C(C)C(=O)OCC(O)COc1ccc(C(C)(C)c2ccc(OCC(O)CC(CC)(CC)OC(=O)C(=C)C)cc2)cc1. The largest absolute Gasteiger partial charge is 0.491 e. The number of carbonyl (C=O) groups excluding carboxylic acids is 2. The molecule has 0 amide bonds. The lowest BCUT2D eigenvalue weighted by Gasteiger charge is -2.33. The van der Waals surface area contributed by atoms with E-state index in [9.17, 15) is 19.8 Å². The summed E-state index contributed by atoms with van der Waals surface area (Å²) >= 11 is 0. The van der Waals surface area contributed by atoms with Crippen LogP contribution in [0.15, 0.2) is 72.8 Å². The molecule has 0 heterocycles. The van der Waals surface area contributed by atoms with Crippen molar-refractivity contribution in [2.45, 2.75) is 84.0 Å². The maximum atomic E-state index is 12.1. The summed E-state index contributed by atoms with van der Waals surface area (Å²) < 4.78 is 22.1. The molecule has 230 valence electrons. The highest BCUT2D eigenvalue weighted by Crippen LogP contribution is 2.34. The van der Waals surface area contributed by atoms with Crippen LogP contribution >= 0.6 is 0 Å². The molecule has 0 fully saturated rings. The maximum absolute atomic E-state index is 12.1. The minimum absolute atomic E-state index is 0.0140. The third-order valence-electron chi connectivity index (χ3n) is 7.35. The fourth-order valence-electron chi connectivity index (χ4n) is 4.33. The normalized spacial score (nSPS) is 13.0. The second-order valence-electron chi connectivity index (χ2n) is 11.2. The number of hydrogen-bond acceptors (Lipinski definition) is 8. The molecule has 2 unspecified atom stereocenters. The minimum Gasteiger partial charge on any atom is -0.491 e. The summed E-state index contributed by atoms with van der Waals surface area (Å²) in [4.78, 5) is 23.6. The van der Waals surface area contributed by atoms with Gasteiger partial charge in [-0.3, -0.25) is 0 Å². The molecule has 2 atom stereocenters. The highest BCUT2D eigenvalue weighted by molar-refractivity contribution is 5.87. The Morgan fingerprint density at radius 1 is 0.738 bits per heavy atom. The summed E-state index contributed by atoms with van der Waals surface area (Å²) in [5, 5.41) is 20.7. The molecular formula is C34H46O8. The van der Waals surface area contributed by atoms with Crippen LogP contribution in [-0.2, 0) is 24.5 Å². The number of aliphatic hydroxyl groups excluding tert-OH is 2. The summed E-state index contributed by atoms with van der Waals surface area (Å²) in [6.07, 6.45) is -0.347. The van der Waals surface area contributed by atoms with E-state index in [2.05, 4.69) is 27.0 Å². The first-order chi connectivity index (χ1) is 19.7. The fraction of sp³-hybridized carbons (Fsp3) is 0.471. The number of aliphatic hydroxyl groups is 2. The van der Waals surface area contributed by atoms with Crippen molar-refractivity contribution < 1.29 is 38.7 Å². The number of benzene rings is 2. The van der Waals surface area contributed by atoms with Crippen molar-refractivity contribution >= 4 is 11.9 Å². The van der Waals surface area contributed by atoms with Gasteiger partial charge in [0.15, 0.2) is 0 Å². The highest BCUT2D eigenvalue weighted by atomic mass is 16.6. The van der Waals surface area contributed by atoms with Gasteiger partial charge in [-0.1, -0.05) is 65.1 Å². The van der Waals surface area contributed by atoms with Gasteiger partial charge in [0.25, 0.3) is 0 Å². The Morgan fingerprint density at radius 3 is 1.57 bits per heavy atom. The molecular weight excluding hydrogens is 536 g/mol. The average molecular weight is 583 g/mol. The second kappa shape index (κ2) is 15.6. The number of rotatable bonds is 17. The number of ether oxygens (including phenoxy) is 4. The van der Waals surface area contributed by atoms with E-state index in [0.717, 1.165) is 11.1 Å². The lowest BCUT2D eigenvalue weighted by atomic mass is 9.78. The van der Waals surface area contributed by atoms with Gasteiger partial charge in [0.2, 0.25) is 0 Å². The van der Waals surface area contributed by atoms with Crippen LogP contribution in [0.5, 0.6) is 11.5 Å². The van der Waals surface area contributed by atoms with Crippen LogP contribution in [-0.4, -0.2) is 59.8 Å². The van der Waals surface area contributed by atoms with Crippen molar-refractivity contribution in [3.8, 4) is 11.5 Å². The molecule has 2 N–H and O–H groups in total. The van der Waals surface area contributed by atoms with Crippen LogP contribution in [0, 0.1) is 0 Å². The zero-order valence-corrected chi connectivity index (χ0v) is 25.8. The molecule has 0 saturated heterocycles. The molecule has 8 nitrogen and oxygen atoms in total. The van der Waals surface area contributed by atoms with Gasteiger partial charge in [-0.25, -0.2) is 9.59 Å². The van der Waals surface area contributed by atoms with E-state index >= 15 is 0 Å². The van der Waals surface area contributed by atoms with Gasteiger partial charge in [-0.2, -0.15) is 0 Å². The van der Waals surface area contributed by atoms with Gasteiger partial charge in [0.1, 0.15) is 43.0 Å². The summed E-state index contributed by atoms with van der Waals surface area (Å²) in [6, 6.07) is 15.3. The van der Waals surface area contributed by atoms with E-state index < -0.39 is 29.7 Å². The third kappa shape index (κ3) is 10.0. The van der Waals surface area contributed by atoms with E-state index in [4.69, 9.17) is 18.9 Å². The molecule has 2 aromatic carbocycles. The summed E-state index contributed by atoms with van der Waals surface area (Å²) in [7, 11) is 0. The lowest BCUT2D eigenvalue weighted by molar-refractivity contribution is -0.159. The molecule has 0 aliphatic heterocycles. The molecule has 42 heavy (non-hydrogen) atoms. The van der Waals surface area contributed by atoms with Crippen molar-refractivity contribution in [1.29, 1.82) is 0 Å². The summed E-state index contributed by atoms with van der Waals surface area (Å²) in [6.45, 7) is 18.3. The van der Waals surface area contributed by atoms with Gasteiger partial charge in [0.05, 0.1) is 6.10 Å². The van der Waals surface area contributed by atoms with Crippen molar-refractivity contribution in [3.05, 3.63) is 84.0 Å². The van der Waals surface area contributed by atoms with Crippen molar-refractivity contribution in [2.75, 3.05) is 19.8 Å². The first-order valence-corrected chi connectivity index (χ1v) is 14.3. The van der Waals surface area contributed by atoms with Crippen LogP contribution in [0.4, 0.5) is 0 Å². The van der Waals surface area contributed by atoms with E-state index in [0.29, 0.717) is 29.9 Å². The number of hydrogen-bond donors (Lipinski definition) is 2. The Labute approximate surface area is 250 Å². The first kappa shape index (κ1) is 34.6. The second-order valence-corrected chi connectivity index (χ2v) is 11.2. The molecule has 8 heteroatoms. The van der Waals surface area contributed by atoms with Crippen LogP contribution in [0.25, 0.3) is 0 Å². The predicted octanol–water partition coefficient (Wildman–Crippen LogP) is 5.68. The Bertz CT molecular complexity index is 1190. The van der Waals surface area contributed by atoms with Gasteiger partial charge >= 0.3 is 11.9 Å². The van der Waals surface area contributed by atoms with Crippen molar-refractivity contribution in [1.82, 2.24) is 0 Å². The van der Waals surface area contributed by atoms with Crippen molar-refractivity contribution in [2.24, 2.45) is 0 Å². The van der Waals surface area contributed by atoms with Crippen LogP contribution in [0.1, 0.15) is 71.9 Å². The molecule has 0 bridgehead atoms. The lowest BCUT2D eigenvalue weighted by Crippen LogP contribution is -2.39. The van der Waals surface area contributed by atoms with Gasteiger partial charge in [0, 0.05) is 23.0 Å². The number of esters is 2. The standard InChI is InChI=1S/C34H46O8/c1-9-34(10-2,42-32(38)24(5)6)19-27(35)20-39-29-15-11-25(12-16-29)33(7,8)26-13-17-30(18-14-26)40-21-28(36)22-41-31(37)23(3)4/h11-18,27-28,35-36H,3,5,9-10,19-22H2,1-2,4,6-8H3. The average Bonchev–Trinajstić information content (AvgIpc) is 2.97. The fourth-order valence-corrected chi connectivity index (χ4v) is 4.33. The summed E-state index contributed by atoms with van der Waals surface area (Å²) in [5.41, 5.74) is 1.65. The maximum Gasteiger partial charge on any atom is 0.333 e. The van der Waals surface area contributed by atoms with Gasteiger partial charge < -0.3 is 29.2 Å². The smallest absolute Gasteiger partial charge is 0.333 e. The molecule has 0 aliphatic rings. The minimum atomic E-state index is -0.953. The van der Waals surface area contributed by atoms with E-state index in [1.807, 2.05) is 62.4 Å². The molecule has 0 aromatic heterocycles. The molecule has 0 saturated carbocycles. The number of carbonyl (C=O) groups is 2. The first-order valence-electron chi connectivity index (χ1n) is 14.3. The van der Waals surface area contributed by atoms with E-state index in [1.165, 1.54) is 0 Å². The summed E-state index contributed by atoms with van der Waals surface area (Å²) in [5.74, 6) is 0.213. The third-order valence-corrected chi connectivity index (χ3v) is 7.35. The highest BCUT2D eigenvalue weighted by Gasteiger charge is 2.33. The monoisotopic (exact) mass is 582 g/mol. The zero-order valence-electron chi connectivity index (χ0n) is 25.8. The van der Waals surface area contributed by atoms with Crippen molar-refractivity contribution in [3.63, 3.8) is 0 Å². The zero-order chi connectivity index (χ0) is 31.5. The van der Waals surface area contributed by atoms with E-state index in [-0.39, 0.29) is 37.2 Å². The Hall–Kier alpha value is -3.62. The molecule has 0 radical (unpaired) electrons. The molecule has 2 aromatic rings. The predicted molar refractivity (Wildman–Crippen MR) is 163 cm³/mol. The molecule has 2 rings (SSSR count). The van der Waals surface area contributed by atoms with Crippen LogP contribution < -0.4 is 9.47 Å².